The average Bonchev–Trinajstić information content (AvgIpc) is 2.74. The van der Waals surface area contributed by atoms with Crippen LogP contribution in [-0.2, 0) is 0 Å². The third kappa shape index (κ3) is 6.11. The second-order valence-corrected chi connectivity index (χ2v) is 7.03. The summed E-state index contributed by atoms with van der Waals surface area (Å²) in [7, 11) is 1.59. The lowest BCUT2D eigenvalue weighted by molar-refractivity contribution is 0.246. The molecule has 2 N–H and O–H groups in total. The lowest BCUT2D eigenvalue weighted by Gasteiger charge is -2.12. The van der Waals surface area contributed by atoms with Gasteiger partial charge in [-0.25, -0.2) is 14.8 Å². The number of urea groups is 1. The molecule has 0 aliphatic carbocycles. The number of nitrogens with zero attached hydrogens (tertiary/aromatic N) is 2. The number of para-hydroxylation sites is 2. The van der Waals surface area contributed by atoms with E-state index in [2.05, 4.69) is 20.6 Å². The zero-order valence-corrected chi connectivity index (χ0v) is 17.0. The minimum Gasteiger partial charge on any atom is -0.493 e. The van der Waals surface area contributed by atoms with Crippen molar-refractivity contribution in [1.82, 2.24) is 15.3 Å². The summed E-state index contributed by atoms with van der Waals surface area (Å²) in [6.45, 7) is 2.64. The Morgan fingerprint density at radius 3 is 2.55 bits per heavy atom. The first-order valence-corrected chi connectivity index (χ1v) is 9.83. The summed E-state index contributed by atoms with van der Waals surface area (Å²) in [5, 5.41) is 6.31. The van der Waals surface area contributed by atoms with Gasteiger partial charge in [-0.05, 0) is 60.6 Å². The molecule has 2 amide bonds. The molecule has 29 heavy (non-hydrogen) atoms. The van der Waals surface area contributed by atoms with Crippen molar-refractivity contribution in [2.75, 3.05) is 25.6 Å². The number of amides is 2. The second-order valence-electron chi connectivity index (χ2n) is 5.99. The topological polar surface area (TPSA) is 85.4 Å². The lowest BCUT2D eigenvalue weighted by Crippen LogP contribution is -2.32. The molecule has 0 saturated carbocycles. The van der Waals surface area contributed by atoms with Crippen LogP contribution in [0.5, 0.6) is 11.5 Å². The number of carbonyl (C=O) groups is 1. The van der Waals surface area contributed by atoms with Gasteiger partial charge in [0.1, 0.15) is 6.61 Å². The number of anilines is 1. The van der Waals surface area contributed by atoms with Crippen LogP contribution in [0.4, 0.5) is 10.5 Å². The van der Waals surface area contributed by atoms with Crippen LogP contribution in [0.25, 0.3) is 0 Å². The first-order valence-electron chi connectivity index (χ1n) is 9.02. The molecule has 0 unspecified atom stereocenters. The Morgan fingerprint density at radius 2 is 1.83 bits per heavy atom. The molecule has 7 nitrogen and oxygen atoms in total. The van der Waals surface area contributed by atoms with Gasteiger partial charge in [-0.15, -0.1) is 0 Å². The number of aromatic nitrogens is 2. The summed E-state index contributed by atoms with van der Waals surface area (Å²) in [6, 6.07) is 14.7. The highest BCUT2D eigenvalue weighted by atomic mass is 32.2. The van der Waals surface area contributed by atoms with Crippen LogP contribution in [-0.4, -0.2) is 36.3 Å². The molecule has 150 valence electrons. The highest BCUT2D eigenvalue weighted by Crippen LogP contribution is 2.28. The van der Waals surface area contributed by atoms with Gasteiger partial charge in [0.2, 0.25) is 0 Å². The molecule has 0 radical (unpaired) electrons. The van der Waals surface area contributed by atoms with Crippen molar-refractivity contribution < 1.29 is 14.3 Å². The molecule has 0 spiro atoms. The lowest BCUT2D eigenvalue weighted by atomic mass is 10.2. The number of ether oxygens (including phenoxy) is 2. The third-order valence-corrected chi connectivity index (χ3v) is 4.79. The average molecular weight is 410 g/mol. The van der Waals surface area contributed by atoms with Gasteiger partial charge in [0.15, 0.2) is 16.7 Å². The van der Waals surface area contributed by atoms with Crippen LogP contribution in [0, 0.1) is 6.92 Å². The number of carbonyl (C=O) groups excluding carboxylic acids is 1. The third-order valence-electron chi connectivity index (χ3n) is 3.91. The summed E-state index contributed by atoms with van der Waals surface area (Å²) in [5.41, 5.74) is 1.69. The molecule has 0 saturated heterocycles. The van der Waals surface area contributed by atoms with Crippen LogP contribution < -0.4 is 20.1 Å². The number of hydrogen-bond donors (Lipinski definition) is 2. The van der Waals surface area contributed by atoms with E-state index < -0.39 is 0 Å². The van der Waals surface area contributed by atoms with E-state index in [-0.39, 0.29) is 6.03 Å². The van der Waals surface area contributed by atoms with Gasteiger partial charge in [-0.2, -0.15) is 0 Å². The quantitative estimate of drug-likeness (QED) is 0.429. The van der Waals surface area contributed by atoms with Crippen LogP contribution in [0.1, 0.15) is 5.56 Å². The normalized spacial score (nSPS) is 10.3. The van der Waals surface area contributed by atoms with E-state index in [1.807, 2.05) is 49.4 Å². The number of rotatable bonds is 8. The molecule has 0 aliphatic heterocycles. The fourth-order valence-electron chi connectivity index (χ4n) is 2.51. The van der Waals surface area contributed by atoms with Crippen molar-refractivity contribution in [3.63, 3.8) is 0 Å². The summed E-state index contributed by atoms with van der Waals surface area (Å²) in [6.07, 6.45) is 3.42. The van der Waals surface area contributed by atoms with Gasteiger partial charge in [-0.1, -0.05) is 12.1 Å². The molecule has 2 aromatic carbocycles. The zero-order chi connectivity index (χ0) is 20.5. The van der Waals surface area contributed by atoms with Crippen molar-refractivity contribution in [1.29, 1.82) is 0 Å². The monoisotopic (exact) mass is 410 g/mol. The van der Waals surface area contributed by atoms with Gasteiger partial charge >= 0.3 is 6.03 Å². The van der Waals surface area contributed by atoms with E-state index in [1.54, 1.807) is 25.6 Å². The molecular formula is C21H22N4O3S. The SMILES string of the molecule is COc1ccccc1OCCNC(=O)Nc1ccc(Sc2ncccn2)cc1C. The number of hydrogen-bond acceptors (Lipinski definition) is 6. The van der Waals surface area contributed by atoms with Gasteiger partial charge in [0.05, 0.1) is 13.7 Å². The molecule has 0 atom stereocenters. The Kier molecular flexibility index (Phi) is 7.29. The van der Waals surface area contributed by atoms with Crippen molar-refractivity contribution in [3.05, 3.63) is 66.5 Å². The van der Waals surface area contributed by atoms with Crippen LogP contribution in [0.2, 0.25) is 0 Å². The number of aryl methyl sites for hydroxylation is 1. The van der Waals surface area contributed by atoms with Gasteiger partial charge in [0.25, 0.3) is 0 Å². The molecule has 0 bridgehead atoms. The van der Waals surface area contributed by atoms with E-state index in [0.29, 0.717) is 29.8 Å². The zero-order valence-electron chi connectivity index (χ0n) is 16.2. The Bertz CT molecular complexity index is 954. The maximum atomic E-state index is 12.1. The van der Waals surface area contributed by atoms with Crippen molar-refractivity contribution in [3.8, 4) is 11.5 Å². The highest BCUT2D eigenvalue weighted by Gasteiger charge is 2.07. The first kappa shape index (κ1) is 20.5. The Labute approximate surface area is 173 Å². The van der Waals surface area contributed by atoms with E-state index in [1.165, 1.54) is 11.8 Å². The highest BCUT2D eigenvalue weighted by molar-refractivity contribution is 7.99. The summed E-state index contributed by atoms with van der Waals surface area (Å²) >= 11 is 1.47. The van der Waals surface area contributed by atoms with Gasteiger partial charge < -0.3 is 20.1 Å². The fraction of sp³-hybridized carbons (Fsp3) is 0.190. The van der Waals surface area contributed by atoms with E-state index in [0.717, 1.165) is 16.1 Å². The molecule has 1 aromatic heterocycles. The Morgan fingerprint density at radius 1 is 1.07 bits per heavy atom. The molecular weight excluding hydrogens is 388 g/mol. The molecule has 1 heterocycles. The Balaban J connectivity index is 1.46. The number of nitrogens with one attached hydrogen (secondary N) is 2. The van der Waals surface area contributed by atoms with Crippen molar-refractivity contribution in [2.24, 2.45) is 0 Å². The minimum atomic E-state index is -0.288. The maximum Gasteiger partial charge on any atom is 0.319 e. The standard InChI is InChI=1S/C21H22N4O3S/c1-15-14-16(29-21-23-10-5-11-24-21)8-9-17(15)25-20(26)22-12-13-28-19-7-4-3-6-18(19)27-2/h3-11,14H,12-13H2,1-2H3,(H2,22,25,26). The largest absolute Gasteiger partial charge is 0.493 e. The predicted molar refractivity (Wildman–Crippen MR) is 113 cm³/mol. The van der Waals surface area contributed by atoms with Crippen molar-refractivity contribution in [2.45, 2.75) is 17.0 Å². The van der Waals surface area contributed by atoms with Crippen LogP contribution >= 0.6 is 11.8 Å². The van der Waals surface area contributed by atoms with Crippen LogP contribution in [0.3, 0.4) is 0 Å². The van der Waals surface area contributed by atoms with Crippen LogP contribution in [0.15, 0.2) is 71.0 Å². The summed E-state index contributed by atoms with van der Waals surface area (Å²) < 4.78 is 10.9. The van der Waals surface area contributed by atoms with Gasteiger partial charge in [0, 0.05) is 23.0 Å². The molecule has 3 aromatic rings. The van der Waals surface area contributed by atoms with E-state index in [9.17, 15) is 4.79 Å². The smallest absolute Gasteiger partial charge is 0.319 e. The maximum absolute atomic E-state index is 12.1. The molecule has 8 heteroatoms. The number of methoxy groups -OCH3 is 1. The fourth-order valence-corrected chi connectivity index (χ4v) is 3.32. The summed E-state index contributed by atoms with van der Waals surface area (Å²) in [4.78, 5) is 21.6. The second kappa shape index (κ2) is 10.3. The molecule has 0 fully saturated rings. The van der Waals surface area contributed by atoms with Gasteiger partial charge in [-0.3, -0.25) is 0 Å². The van der Waals surface area contributed by atoms with E-state index >= 15 is 0 Å². The Hall–Kier alpha value is -3.26. The molecule has 0 aliphatic rings. The van der Waals surface area contributed by atoms with Crippen molar-refractivity contribution >= 4 is 23.5 Å². The predicted octanol–water partition coefficient (Wildman–Crippen LogP) is 4.15. The molecule has 3 rings (SSSR count). The number of benzene rings is 2. The van der Waals surface area contributed by atoms with E-state index in [4.69, 9.17) is 9.47 Å². The summed E-state index contributed by atoms with van der Waals surface area (Å²) in [5.74, 6) is 1.30. The minimum absolute atomic E-state index is 0.288. The first-order chi connectivity index (χ1) is 14.2.